The number of sulfonamides is 1. The molecule has 30 heavy (non-hydrogen) atoms. The standard InChI is InChI=1S/C21H19N3O5S/c1-24-20(25)12-15-11-17(7-8-18(15)21(24)19-9-10-29-23-19)30(26,27)22-13-14-3-5-16(28-2)6-4-14/h3-12,22H,13H2,1-2H3. The zero-order valence-corrected chi connectivity index (χ0v) is 17.1. The van der Waals surface area contributed by atoms with Crippen molar-refractivity contribution in [2.24, 2.45) is 7.05 Å². The quantitative estimate of drug-likeness (QED) is 0.509. The van der Waals surface area contributed by atoms with Crippen LogP contribution < -0.4 is 15.0 Å². The van der Waals surface area contributed by atoms with Crippen molar-refractivity contribution in [3.63, 3.8) is 0 Å². The normalized spacial score (nSPS) is 11.7. The molecular weight excluding hydrogens is 406 g/mol. The largest absolute Gasteiger partial charge is 0.497 e. The van der Waals surface area contributed by atoms with Gasteiger partial charge in [-0.05, 0) is 35.2 Å². The van der Waals surface area contributed by atoms with E-state index >= 15 is 0 Å². The summed E-state index contributed by atoms with van der Waals surface area (Å²) in [6, 6.07) is 14.8. The molecule has 0 bridgehead atoms. The molecule has 0 saturated heterocycles. The predicted octanol–water partition coefficient (Wildman–Crippen LogP) is 2.68. The van der Waals surface area contributed by atoms with Crippen LogP contribution in [-0.2, 0) is 23.6 Å². The van der Waals surface area contributed by atoms with Crippen LogP contribution in [0.2, 0.25) is 0 Å². The fraction of sp³-hybridized carbons (Fsp3) is 0.143. The molecule has 2 aromatic heterocycles. The van der Waals surface area contributed by atoms with Crippen molar-refractivity contribution >= 4 is 20.8 Å². The number of pyridine rings is 1. The van der Waals surface area contributed by atoms with Crippen molar-refractivity contribution in [1.29, 1.82) is 0 Å². The molecule has 9 heteroatoms. The highest BCUT2D eigenvalue weighted by molar-refractivity contribution is 7.89. The number of hydrogen-bond donors (Lipinski definition) is 1. The van der Waals surface area contributed by atoms with Gasteiger partial charge in [-0.25, -0.2) is 13.1 Å². The van der Waals surface area contributed by atoms with Gasteiger partial charge in [-0.2, -0.15) is 0 Å². The Hall–Kier alpha value is -3.43. The number of methoxy groups -OCH3 is 1. The maximum Gasteiger partial charge on any atom is 0.251 e. The van der Waals surface area contributed by atoms with E-state index in [1.807, 2.05) is 0 Å². The van der Waals surface area contributed by atoms with Crippen molar-refractivity contribution in [1.82, 2.24) is 14.4 Å². The van der Waals surface area contributed by atoms with Gasteiger partial charge in [0.05, 0.1) is 17.7 Å². The van der Waals surface area contributed by atoms with Gasteiger partial charge in [-0.15, -0.1) is 0 Å². The zero-order chi connectivity index (χ0) is 21.3. The smallest absolute Gasteiger partial charge is 0.251 e. The molecule has 0 spiro atoms. The summed E-state index contributed by atoms with van der Waals surface area (Å²) in [6.45, 7) is 0.130. The highest BCUT2D eigenvalue weighted by Gasteiger charge is 2.18. The molecule has 4 rings (SSSR count). The van der Waals surface area contributed by atoms with Crippen LogP contribution in [0.3, 0.4) is 0 Å². The molecule has 0 aliphatic rings. The number of benzene rings is 2. The zero-order valence-electron chi connectivity index (χ0n) is 16.3. The number of aromatic nitrogens is 2. The average Bonchev–Trinajstić information content (AvgIpc) is 3.27. The third kappa shape index (κ3) is 3.72. The van der Waals surface area contributed by atoms with Gasteiger partial charge in [-0.1, -0.05) is 23.4 Å². The molecule has 0 fully saturated rings. The summed E-state index contributed by atoms with van der Waals surface area (Å²) in [5, 5.41) is 5.11. The van der Waals surface area contributed by atoms with Crippen LogP contribution in [0.15, 0.2) is 75.1 Å². The Labute approximate surface area is 172 Å². The summed E-state index contributed by atoms with van der Waals surface area (Å²) < 4.78 is 39.6. The van der Waals surface area contributed by atoms with E-state index in [-0.39, 0.29) is 17.0 Å². The molecule has 2 heterocycles. The third-order valence-corrected chi connectivity index (χ3v) is 6.24. The van der Waals surface area contributed by atoms with E-state index < -0.39 is 10.0 Å². The van der Waals surface area contributed by atoms with Crippen molar-refractivity contribution in [3.8, 4) is 17.1 Å². The first-order chi connectivity index (χ1) is 14.4. The third-order valence-electron chi connectivity index (χ3n) is 4.84. The highest BCUT2D eigenvalue weighted by Crippen LogP contribution is 2.27. The van der Waals surface area contributed by atoms with E-state index in [2.05, 4.69) is 9.88 Å². The summed E-state index contributed by atoms with van der Waals surface area (Å²) in [5.74, 6) is 0.695. The summed E-state index contributed by atoms with van der Waals surface area (Å²) >= 11 is 0. The van der Waals surface area contributed by atoms with E-state index in [1.54, 1.807) is 50.6 Å². The maximum absolute atomic E-state index is 12.8. The highest BCUT2D eigenvalue weighted by atomic mass is 32.2. The number of rotatable bonds is 6. The molecule has 1 N–H and O–H groups in total. The van der Waals surface area contributed by atoms with Gasteiger partial charge in [0.15, 0.2) is 0 Å². The van der Waals surface area contributed by atoms with Gasteiger partial charge in [0.25, 0.3) is 5.56 Å². The van der Waals surface area contributed by atoms with Crippen LogP contribution in [0.5, 0.6) is 5.75 Å². The molecule has 4 aromatic rings. The van der Waals surface area contributed by atoms with Crippen molar-refractivity contribution in [3.05, 3.63) is 76.8 Å². The fourth-order valence-electron chi connectivity index (χ4n) is 3.21. The number of nitrogens with one attached hydrogen (secondary N) is 1. The maximum atomic E-state index is 12.8. The minimum absolute atomic E-state index is 0.0721. The van der Waals surface area contributed by atoms with Gasteiger partial charge in [0.2, 0.25) is 10.0 Å². The van der Waals surface area contributed by atoms with E-state index in [1.165, 1.54) is 29.0 Å². The molecule has 0 atom stereocenters. The minimum Gasteiger partial charge on any atom is -0.497 e. The molecule has 0 radical (unpaired) electrons. The first kappa shape index (κ1) is 19.9. The Morgan fingerprint density at radius 1 is 1.10 bits per heavy atom. The van der Waals surface area contributed by atoms with Gasteiger partial charge < -0.3 is 13.8 Å². The number of fused-ring (bicyclic) bond motifs is 1. The molecule has 8 nitrogen and oxygen atoms in total. The van der Waals surface area contributed by atoms with Crippen LogP contribution in [0.1, 0.15) is 5.56 Å². The van der Waals surface area contributed by atoms with E-state index in [0.717, 1.165) is 5.56 Å². The molecule has 0 saturated carbocycles. The van der Waals surface area contributed by atoms with Gasteiger partial charge in [0.1, 0.15) is 17.7 Å². The van der Waals surface area contributed by atoms with Gasteiger partial charge in [0, 0.05) is 31.1 Å². The summed E-state index contributed by atoms with van der Waals surface area (Å²) in [7, 11) is -0.579. The monoisotopic (exact) mass is 425 g/mol. The lowest BCUT2D eigenvalue weighted by Gasteiger charge is -2.12. The van der Waals surface area contributed by atoms with E-state index in [0.29, 0.717) is 27.9 Å². The first-order valence-electron chi connectivity index (χ1n) is 9.06. The van der Waals surface area contributed by atoms with Crippen molar-refractivity contribution in [2.75, 3.05) is 7.11 Å². The molecule has 154 valence electrons. The molecule has 0 aliphatic heterocycles. The topological polar surface area (TPSA) is 103 Å². The summed E-state index contributed by atoms with van der Waals surface area (Å²) in [5.41, 5.74) is 1.57. The molecule has 0 aliphatic carbocycles. The predicted molar refractivity (Wildman–Crippen MR) is 112 cm³/mol. The molecule has 0 amide bonds. The summed E-state index contributed by atoms with van der Waals surface area (Å²) in [4.78, 5) is 12.5. The first-order valence-corrected chi connectivity index (χ1v) is 10.5. The van der Waals surface area contributed by atoms with E-state index in [4.69, 9.17) is 9.26 Å². The van der Waals surface area contributed by atoms with Crippen molar-refractivity contribution < 1.29 is 17.7 Å². The van der Waals surface area contributed by atoms with Crippen LogP contribution in [0, 0.1) is 0 Å². The lowest BCUT2D eigenvalue weighted by atomic mass is 10.1. The van der Waals surface area contributed by atoms with Gasteiger partial charge in [-0.3, -0.25) is 4.79 Å². The number of nitrogens with zero attached hydrogens (tertiary/aromatic N) is 2. The minimum atomic E-state index is -3.78. The Morgan fingerprint density at radius 3 is 2.53 bits per heavy atom. The average molecular weight is 425 g/mol. The molecule has 0 unspecified atom stereocenters. The second kappa shape index (κ2) is 7.77. The van der Waals surface area contributed by atoms with Crippen LogP contribution in [0.4, 0.5) is 0 Å². The Kier molecular flexibility index (Phi) is 5.15. The van der Waals surface area contributed by atoms with Crippen LogP contribution in [-0.4, -0.2) is 25.3 Å². The second-order valence-electron chi connectivity index (χ2n) is 6.70. The Morgan fingerprint density at radius 2 is 1.87 bits per heavy atom. The van der Waals surface area contributed by atoms with Gasteiger partial charge >= 0.3 is 0 Å². The van der Waals surface area contributed by atoms with Crippen LogP contribution in [0.25, 0.3) is 22.2 Å². The number of ether oxygens (including phenoxy) is 1. The lowest BCUT2D eigenvalue weighted by Crippen LogP contribution is -2.23. The lowest BCUT2D eigenvalue weighted by molar-refractivity contribution is 0.414. The Bertz CT molecular complexity index is 1360. The van der Waals surface area contributed by atoms with E-state index in [9.17, 15) is 13.2 Å². The SMILES string of the molecule is COc1ccc(CNS(=O)(=O)c2ccc3c(-c4ccon4)n(C)c(=O)cc3c2)cc1. The molecular formula is C21H19N3O5S. The molecule has 2 aromatic carbocycles. The van der Waals surface area contributed by atoms with Crippen LogP contribution >= 0.6 is 0 Å². The fourth-order valence-corrected chi connectivity index (χ4v) is 4.27. The Balaban J connectivity index is 1.68. The summed E-state index contributed by atoms with van der Waals surface area (Å²) in [6.07, 6.45) is 1.42. The second-order valence-corrected chi connectivity index (χ2v) is 8.46. The number of hydrogen-bond acceptors (Lipinski definition) is 6. The van der Waals surface area contributed by atoms with Crippen molar-refractivity contribution in [2.45, 2.75) is 11.4 Å².